The summed E-state index contributed by atoms with van der Waals surface area (Å²) in [6.07, 6.45) is 13.2. The summed E-state index contributed by atoms with van der Waals surface area (Å²) in [6.45, 7) is 1.81. The van der Waals surface area contributed by atoms with E-state index in [0.29, 0.717) is 12.8 Å². The quantitative estimate of drug-likeness (QED) is 0.0330. The minimum absolute atomic E-state index is 0.239. The second kappa shape index (κ2) is 42.6. The number of carbonyl (C=O) groups is 1. The van der Waals surface area contributed by atoms with Crippen LogP contribution in [-0.4, -0.2) is 193 Å². The first-order chi connectivity index (χ1) is 37.3. The summed E-state index contributed by atoms with van der Waals surface area (Å²) in [7, 11) is 0. The molecule has 3 fully saturated rings. The SMILES string of the molecule is CCCCCCCCCCCCCCCCCCCC(O)C(COC1OC(CO)C(OC2OC(CO)C(OC3OC(CO)C(O)C(O)C3O)C(O)C2O)C(O)C1O)NC(=O)CCCCCCCCCCCCCCCCC. The van der Waals surface area contributed by atoms with E-state index < -0.39 is 124 Å². The molecule has 19 nitrogen and oxygen atoms in total. The number of aliphatic hydroxyl groups excluding tert-OH is 11. The summed E-state index contributed by atoms with van der Waals surface area (Å²) in [4.78, 5) is 13.3. The van der Waals surface area contributed by atoms with Crippen molar-refractivity contribution in [3.05, 3.63) is 0 Å². The van der Waals surface area contributed by atoms with Crippen molar-refractivity contribution < 1.29 is 89.4 Å². The Bertz CT molecular complexity index is 1420. The lowest BCUT2D eigenvalue weighted by Gasteiger charge is -2.48. The lowest BCUT2D eigenvalue weighted by Crippen LogP contribution is -2.66. The summed E-state index contributed by atoms with van der Waals surface area (Å²) in [5, 5.41) is 120. The van der Waals surface area contributed by atoms with Gasteiger partial charge in [-0.05, 0) is 12.8 Å². The first-order valence-electron chi connectivity index (χ1n) is 30.8. The van der Waals surface area contributed by atoms with Crippen LogP contribution in [0.1, 0.15) is 232 Å². The Kier molecular flexibility index (Phi) is 38.7. The van der Waals surface area contributed by atoms with Crippen LogP contribution >= 0.6 is 0 Å². The van der Waals surface area contributed by atoms with Gasteiger partial charge in [-0.1, -0.05) is 213 Å². The third kappa shape index (κ3) is 26.7. The number of ether oxygens (including phenoxy) is 6. The molecule has 3 aliphatic rings. The number of hydrogen-bond acceptors (Lipinski definition) is 18. The second-order valence-corrected chi connectivity index (χ2v) is 22.5. The third-order valence-corrected chi connectivity index (χ3v) is 15.9. The van der Waals surface area contributed by atoms with Crippen molar-refractivity contribution in [1.82, 2.24) is 5.32 Å². The zero-order valence-electron chi connectivity index (χ0n) is 47.5. The van der Waals surface area contributed by atoms with Crippen LogP contribution in [0.25, 0.3) is 0 Å². The largest absolute Gasteiger partial charge is 0.394 e. The van der Waals surface area contributed by atoms with E-state index in [9.17, 15) is 61.0 Å². The minimum atomic E-state index is -1.97. The topological polar surface area (TPSA) is 307 Å². The van der Waals surface area contributed by atoms with Crippen molar-refractivity contribution in [3.63, 3.8) is 0 Å². The Hall–Kier alpha value is -1.21. The van der Waals surface area contributed by atoms with Gasteiger partial charge in [0.2, 0.25) is 5.91 Å². The van der Waals surface area contributed by atoms with E-state index in [1.807, 2.05) is 0 Å². The highest BCUT2D eigenvalue weighted by molar-refractivity contribution is 5.76. The summed E-state index contributed by atoms with van der Waals surface area (Å²) in [6, 6.07) is -0.879. The molecule has 0 aromatic heterocycles. The van der Waals surface area contributed by atoms with E-state index in [4.69, 9.17) is 28.4 Å². The summed E-state index contributed by atoms with van der Waals surface area (Å²) in [5.74, 6) is -0.239. The van der Waals surface area contributed by atoms with Gasteiger partial charge in [-0.3, -0.25) is 4.79 Å². The molecule has 3 saturated heterocycles. The average Bonchev–Trinajstić information content (AvgIpc) is 3.42. The van der Waals surface area contributed by atoms with Crippen LogP contribution in [0.2, 0.25) is 0 Å². The molecule has 3 rings (SSSR count). The van der Waals surface area contributed by atoms with Crippen molar-refractivity contribution in [2.24, 2.45) is 0 Å². The molecule has 0 bridgehead atoms. The molecule has 456 valence electrons. The van der Waals surface area contributed by atoms with Crippen molar-refractivity contribution >= 4 is 5.91 Å². The van der Waals surface area contributed by atoms with Gasteiger partial charge < -0.3 is 89.9 Å². The molecule has 17 atom stereocenters. The monoisotopic (exact) mass is 1110 g/mol. The number of carbonyl (C=O) groups excluding carboxylic acids is 1. The zero-order valence-corrected chi connectivity index (χ0v) is 47.5. The molecular weight excluding hydrogens is 999 g/mol. The predicted octanol–water partition coefficient (Wildman–Crippen LogP) is 5.60. The number of unbranched alkanes of at least 4 members (excludes halogenated alkanes) is 30. The van der Waals surface area contributed by atoms with E-state index >= 15 is 0 Å². The highest BCUT2D eigenvalue weighted by Crippen LogP contribution is 2.33. The highest BCUT2D eigenvalue weighted by atomic mass is 16.8. The standard InChI is InChI=1S/C58H111NO18/c1-3-5-7-9-11-13-15-17-19-20-22-23-25-27-29-31-33-35-42(63)41(59-46(64)36-34-32-30-28-26-24-21-18-16-14-12-10-8-6-4-2)40-72-56-52(70)49(67)54(44(38-61)74-56)77-58-53(71)50(68)55(45(39-62)75-58)76-57-51(69)48(66)47(65)43(37-60)73-57/h41-45,47-58,60-63,65-71H,3-40H2,1-2H3,(H,59,64). The highest BCUT2D eigenvalue weighted by Gasteiger charge is 2.53. The molecule has 19 heteroatoms. The average molecular weight is 1110 g/mol. The molecule has 12 N–H and O–H groups in total. The molecule has 0 aromatic rings. The van der Waals surface area contributed by atoms with Gasteiger partial charge in [0.15, 0.2) is 18.9 Å². The third-order valence-electron chi connectivity index (χ3n) is 15.9. The molecule has 0 spiro atoms. The molecule has 1 amide bonds. The number of amides is 1. The zero-order chi connectivity index (χ0) is 56.2. The van der Waals surface area contributed by atoms with Gasteiger partial charge in [0.05, 0.1) is 38.6 Å². The van der Waals surface area contributed by atoms with Crippen molar-refractivity contribution in [2.45, 2.75) is 336 Å². The van der Waals surface area contributed by atoms with E-state index in [-0.39, 0.29) is 18.9 Å². The van der Waals surface area contributed by atoms with Crippen LogP contribution in [0.15, 0.2) is 0 Å². The van der Waals surface area contributed by atoms with Crippen LogP contribution in [0.3, 0.4) is 0 Å². The van der Waals surface area contributed by atoms with Gasteiger partial charge in [-0.15, -0.1) is 0 Å². The Balaban J connectivity index is 1.49. The Labute approximate surface area is 462 Å². The van der Waals surface area contributed by atoms with Crippen LogP contribution in [0.4, 0.5) is 0 Å². The molecule has 3 heterocycles. The minimum Gasteiger partial charge on any atom is -0.394 e. The van der Waals surface area contributed by atoms with E-state index in [2.05, 4.69) is 19.2 Å². The molecule has 0 aromatic carbocycles. The van der Waals surface area contributed by atoms with Crippen LogP contribution in [0.5, 0.6) is 0 Å². The summed E-state index contributed by atoms with van der Waals surface area (Å²) >= 11 is 0. The smallest absolute Gasteiger partial charge is 0.220 e. The molecule has 0 aliphatic carbocycles. The molecule has 3 aliphatic heterocycles. The fourth-order valence-electron chi connectivity index (χ4n) is 10.8. The van der Waals surface area contributed by atoms with Crippen LogP contribution < -0.4 is 5.32 Å². The van der Waals surface area contributed by atoms with E-state index in [0.717, 1.165) is 44.9 Å². The summed E-state index contributed by atoms with van der Waals surface area (Å²) < 4.78 is 34.3. The number of nitrogens with one attached hydrogen (secondary N) is 1. The molecular formula is C58H111NO18. The van der Waals surface area contributed by atoms with Gasteiger partial charge in [0.25, 0.3) is 0 Å². The van der Waals surface area contributed by atoms with Crippen molar-refractivity contribution in [3.8, 4) is 0 Å². The van der Waals surface area contributed by atoms with Gasteiger partial charge in [-0.25, -0.2) is 0 Å². The lowest BCUT2D eigenvalue weighted by atomic mass is 9.96. The van der Waals surface area contributed by atoms with E-state index in [1.165, 1.54) is 154 Å². The van der Waals surface area contributed by atoms with Gasteiger partial charge in [-0.2, -0.15) is 0 Å². The maximum absolute atomic E-state index is 13.3. The Morgan fingerprint density at radius 2 is 0.740 bits per heavy atom. The second-order valence-electron chi connectivity index (χ2n) is 22.5. The predicted molar refractivity (Wildman–Crippen MR) is 291 cm³/mol. The lowest BCUT2D eigenvalue weighted by molar-refractivity contribution is -0.379. The van der Waals surface area contributed by atoms with Gasteiger partial charge in [0, 0.05) is 6.42 Å². The number of hydrogen-bond donors (Lipinski definition) is 12. The maximum atomic E-state index is 13.3. The maximum Gasteiger partial charge on any atom is 0.220 e. The molecule has 77 heavy (non-hydrogen) atoms. The first kappa shape index (κ1) is 70.1. The summed E-state index contributed by atoms with van der Waals surface area (Å²) in [5.41, 5.74) is 0. The van der Waals surface area contributed by atoms with Crippen LogP contribution in [-0.2, 0) is 33.2 Å². The normalized spacial score (nSPS) is 30.6. The van der Waals surface area contributed by atoms with Gasteiger partial charge >= 0.3 is 0 Å². The fourth-order valence-corrected chi connectivity index (χ4v) is 10.8. The number of aliphatic hydroxyl groups is 11. The van der Waals surface area contributed by atoms with Gasteiger partial charge in [0.1, 0.15) is 73.2 Å². The number of rotatable bonds is 46. The first-order valence-corrected chi connectivity index (χ1v) is 30.8. The van der Waals surface area contributed by atoms with E-state index in [1.54, 1.807) is 0 Å². The fraction of sp³-hybridized carbons (Fsp3) is 0.983. The molecule has 17 unspecified atom stereocenters. The van der Waals surface area contributed by atoms with Crippen LogP contribution in [0, 0.1) is 0 Å². The Morgan fingerprint density at radius 3 is 1.13 bits per heavy atom. The Morgan fingerprint density at radius 1 is 0.416 bits per heavy atom. The van der Waals surface area contributed by atoms with Crippen molar-refractivity contribution in [2.75, 3.05) is 26.4 Å². The van der Waals surface area contributed by atoms with Crippen molar-refractivity contribution in [1.29, 1.82) is 0 Å². The molecule has 0 radical (unpaired) electrons. The molecule has 0 saturated carbocycles.